The van der Waals surface area contributed by atoms with Crippen LogP contribution in [0, 0.1) is 5.92 Å². The lowest BCUT2D eigenvalue weighted by Gasteiger charge is -2.38. The van der Waals surface area contributed by atoms with Crippen molar-refractivity contribution in [2.45, 2.75) is 43.6 Å². The summed E-state index contributed by atoms with van der Waals surface area (Å²) in [7, 11) is -1.37. The Bertz CT molecular complexity index is 262. The highest BCUT2D eigenvalue weighted by Crippen LogP contribution is 2.34. The minimum atomic E-state index is -1.59. The molecule has 1 aliphatic rings. The van der Waals surface area contributed by atoms with Crippen molar-refractivity contribution < 1.29 is 25.1 Å². The summed E-state index contributed by atoms with van der Waals surface area (Å²) in [4.78, 5) is 11.0. The summed E-state index contributed by atoms with van der Waals surface area (Å²) in [6.45, 7) is 0. The first-order valence-corrected chi connectivity index (χ1v) is 5.42. The number of carboxylic acid groups (broad SMARTS) is 1. The van der Waals surface area contributed by atoms with E-state index in [-0.39, 0.29) is 18.7 Å². The van der Waals surface area contributed by atoms with Gasteiger partial charge < -0.3 is 26.0 Å². The fraction of sp³-hybridized carbons (Fsp3) is 0.889. The molecule has 0 saturated heterocycles. The highest BCUT2D eigenvalue weighted by molar-refractivity contribution is 6.40. The second-order valence-electron chi connectivity index (χ2n) is 4.57. The van der Waals surface area contributed by atoms with Crippen LogP contribution in [-0.2, 0) is 4.79 Å². The summed E-state index contributed by atoms with van der Waals surface area (Å²) >= 11 is 0. The number of carbonyl (C=O) groups is 1. The Kier molecular flexibility index (Phi) is 4.31. The van der Waals surface area contributed by atoms with E-state index in [0.717, 1.165) is 0 Å². The van der Waals surface area contributed by atoms with Crippen molar-refractivity contribution in [1.82, 2.24) is 0 Å². The van der Waals surface area contributed by atoms with Crippen LogP contribution in [0.1, 0.15) is 25.7 Å². The van der Waals surface area contributed by atoms with E-state index in [1.165, 1.54) is 0 Å². The zero-order valence-corrected chi connectivity index (χ0v) is 9.04. The SMILES string of the molecule is NC1(C(=O)O)C[C@H](CCB(O)O)CC[C@@H]1O. The Labute approximate surface area is 94.2 Å². The van der Waals surface area contributed by atoms with E-state index >= 15 is 0 Å². The number of carboxylic acids is 1. The molecule has 1 fully saturated rings. The van der Waals surface area contributed by atoms with E-state index in [1.807, 2.05) is 0 Å². The third kappa shape index (κ3) is 2.94. The van der Waals surface area contributed by atoms with Crippen molar-refractivity contribution in [2.24, 2.45) is 11.7 Å². The van der Waals surface area contributed by atoms with Gasteiger partial charge in [-0.05, 0) is 31.5 Å². The van der Waals surface area contributed by atoms with Gasteiger partial charge in [-0.2, -0.15) is 0 Å². The summed E-state index contributed by atoms with van der Waals surface area (Å²) < 4.78 is 0. The first kappa shape index (κ1) is 13.4. The Hall–Kier alpha value is -0.625. The standard InChI is InChI=1S/C9H18BNO5/c11-9(8(13)14)5-6(1-2-7(9)12)3-4-10(15)16/h6-7,12,15-16H,1-5,11H2,(H,13,14)/t6-,7-,9?/m0/s1. The third-order valence-electron chi connectivity index (χ3n) is 3.30. The van der Waals surface area contributed by atoms with Gasteiger partial charge >= 0.3 is 13.1 Å². The van der Waals surface area contributed by atoms with E-state index in [4.69, 9.17) is 20.9 Å². The number of aliphatic carboxylic acids is 1. The van der Waals surface area contributed by atoms with Crippen LogP contribution in [0.15, 0.2) is 0 Å². The first-order chi connectivity index (χ1) is 7.36. The smallest absolute Gasteiger partial charge is 0.451 e. The van der Waals surface area contributed by atoms with Crippen LogP contribution in [0.4, 0.5) is 0 Å². The van der Waals surface area contributed by atoms with Gasteiger partial charge in [0.25, 0.3) is 0 Å². The largest absolute Gasteiger partial charge is 0.480 e. The summed E-state index contributed by atoms with van der Waals surface area (Å²) in [5, 5.41) is 36.0. The number of hydrogen-bond donors (Lipinski definition) is 5. The molecule has 0 bridgehead atoms. The Morgan fingerprint density at radius 3 is 2.56 bits per heavy atom. The average molecular weight is 231 g/mol. The molecule has 16 heavy (non-hydrogen) atoms. The quantitative estimate of drug-likeness (QED) is 0.387. The molecule has 0 heterocycles. The van der Waals surface area contributed by atoms with Crippen LogP contribution in [0.25, 0.3) is 0 Å². The molecule has 0 aromatic heterocycles. The second kappa shape index (κ2) is 5.14. The molecule has 1 saturated carbocycles. The fourth-order valence-electron chi connectivity index (χ4n) is 2.23. The van der Waals surface area contributed by atoms with E-state index in [2.05, 4.69) is 0 Å². The maximum absolute atomic E-state index is 11.0. The van der Waals surface area contributed by atoms with Crippen LogP contribution in [0.2, 0.25) is 6.32 Å². The van der Waals surface area contributed by atoms with Gasteiger partial charge in [0.15, 0.2) is 0 Å². The first-order valence-electron chi connectivity index (χ1n) is 5.42. The van der Waals surface area contributed by atoms with Crippen molar-refractivity contribution >= 4 is 13.1 Å². The zero-order chi connectivity index (χ0) is 12.3. The van der Waals surface area contributed by atoms with Gasteiger partial charge in [0.05, 0.1) is 6.10 Å². The minimum Gasteiger partial charge on any atom is -0.480 e. The normalized spacial score (nSPS) is 34.8. The topological polar surface area (TPSA) is 124 Å². The van der Waals surface area contributed by atoms with Crippen molar-refractivity contribution in [3.05, 3.63) is 0 Å². The summed E-state index contributed by atoms with van der Waals surface area (Å²) in [5.74, 6) is -1.18. The monoisotopic (exact) mass is 231 g/mol. The van der Waals surface area contributed by atoms with Gasteiger partial charge in [0.2, 0.25) is 0 Å². The molecule has 1 unspecified atom stereocenters. The Balaban J connectivity index is 2.57. The molecule has 0 aromatic carbocycles. The molecule has 92 valence electrons. The van der Waals surface area contributed by atoms with Crippen molar-refractivity contribution in [3.63, 3.8) is 0 Å². The van der Waals surface area contributed by atoms with E-state index in [1.54, 1.807) is 0 Å². The molecule has 1 rings (SSSR count). The van der Waals surface area contributed by atoms with Crippen molar-refractivity contribution in [1.29, 1.82) is 0 Å². The number of aliphatic hydroxyl groups excluding tert-OH is 1. The predicted molar refractivity (Wildman–Crippen MR) is 57.5 cm³/mol. The molecule has 0 spiro atoms. The molecule has 0 aromatic rings. The molecular formula is C9H18BNO5. The third-order valence-corrected chi connectivity index (χ3v) is 3.30. The highest BCUT2D eigenvalue weighted by Gasteiger charge is 2.46. The van der Waals surface area contributed by atoms with Gasteiger partial charge in [-0.1, -0.05) is 6.42 Å². The second-order valence-corrected chi connectivity index (χ2v) is 4.57. The molecule has 1 aliphatic carbocycles. The molecule has 7 heteroatoms. The Morgan fingerprint density at radius 2 is 2.06 bits per heavy atom. The van der Waals surface area contributed by atoms with Crippen LogP contribution < -0.4 is 5.73 Å². The van der Waals surface area contributed by atoms with Gasteiger partial charge in [-0.15, -0.1) is 0 Å². The summed E-state index contributed by atoms with van der Waals surface area (Å²) in [5.41, 5.74) is 4.07. The maximum atomic E-state index is 11.0. The van der Waals surface area contributed by atoms with Crippen LogP contribution >= 0.6 is 0 Å². The van der Waals surface area contributed by atoms with Crippen molar-refractivity contribution in [3.8, 4) is 0 Å². The van der Waals surface area contributed by atoms with E-state index < -0.39 is 24.7 Å². The lowest BCUT2D eigenvalue weighted by molar-refractivity contribution is -0.151. The van der Waals surface area contributed by atoms with Gasteiger partial charge in [0.1, 0.15) is 5.54 Å². The fourth-order valence-corrected chi connectivity index (χ4v) is 2.23. The van der Waals surface area contributed by atoms with Crippen molar-refractivity contribution in [2.75, 3.05) is 0 Å². The lowest BCUT2D eigenvalue weighted by atomic mass is 9.70. The molecule has 0 aliphatic heterocycles. The van der Waals surface area contributed by atoms with Crippen LogP contribution in [0.3, 0.4) is 0 Å². The zero-order valence-electron chi connectivity index (χ0n) is 9.04. The summed E-state index contributed by atoms with van der Waals surface area (Å²) in [6, 6.07) is 0. The van der Waals surface area contributed by atoms with E-state index in [0.29, 0.717) is 19.3 Å². The van der Waals surface area contributed by atoms with E-state index in [9.17, 15) is 9.90 Å². The lowest BCUT2D eigenvalue weighted by Crippen LogP contribution is -2.60. The van der Waals surface area contributed by atoms with Crippen LogP contribution in [-0.4, -0.2) is 45.0 Å². The maximum Gasteiger partial charge on any atom is 0.451 e. The Morgan fingerprint density at radius 1 is 1.44 bits per heavy atom. The molecule has 0 radical (unpaired) electrons. The average Bonchev–Trinajstić information content (AvgIpc) is 2.19. The van der Waals surface area contributed by atoms with Gasteiger partial charge in [-0.3, -0.25) is 4.79 Å². The number of aliphatic hydroxyl groups is 1. The van der Waals surface area contributed by atoms with Gasteiger partial charge in [-0.25, -0.2) is 0 Å². The minimum absolute atomic E-state index is 0.0197. The number of nitrogens with two attached hydrogens (primary N) is 1. The number of rotatable bonds is 4. The molecule has 0 amide bonds. The molecule has 6 N–H and O–H groups in total. The molecule has 6 nitrogen and oxygen atoms in total. The highest BCUT2D eigenvalue weighted by atomic mass is 16.4. The molecule has 3 atom stereocenters. The summed E-state index contributed by atoms with van der Waals surface area (Å²) in [6.07, 6.45) is 0.874. The number of hydrogen-bond acceptors (Lipinski definition) is 5. The van der Waals surface area contributed by atoms with Crippen LogP contribution in [0.5, 0.6) is 0 Å². The van der Waals surface area contributed by atoms with Gasteiger partial charge in [0, 0.05) is 0 Å². The molecular weight excluding hydrogens is 213 g/mol. The predicted octanol–water partition coefficient (Wildman–Crippen LogP) is -1.21.